The van der Waals surface area contributed by atoms with E-state index in [4.69, 9.17) is 0 Å². The topological polar surface area (TPSA) is 36.4 Å². The molecule has 0 radical (unpaired) electrons. The molecule has 1 aromatic heterocycles. The SMILES string of the molecule is CCN(Cc1ccncc1)CC(O)C1CCCC1. The van der Waals surface area contributed by atoms with Gasteiger partial charge in [-0.2, -0.15) is 0 Å². The van der Waals surface area contributed by atoms with Crippen LogP contribution in [0.25, 0.3) is 0 Å². The maximum absolute atomic E-state index is 10.3. The van der Waals surface area contributed by atoms with Crippen LogP contribution >= 0.6 is 0 Å². The van der Waals surface area contributed by atoms with E-state index >= 15 is 0 Å². The molecule has 1 fully saturated rings. The van der Waals surface area contributed by atoms with Crippen LogP contribution < -0.4 is 0 Å². The van der Waals surface area contributed by atoms with E-state index in [0.29, 0.717) is 5.92 Å². The fraction of sp³-hybridized carbons (Fsp3) is 0.667. The molecule has 1 aliphatic rings. The maximum Gasteiger partial charge on any atom is 0.0695 e. The number of likely N-dealkylation sites (N-methyl/N-ethyl adjacent to an activating group) is 1. The Bertz CT molecular complexity index is 336. The van der Waals surface area contributed by atoms with Gasteiger partial charge in [-0.05, 0) is 43.0 Å². The number of hydrogen-bond acceptors (Lipinski definition) is 3. The van der Waals surface area contributed by atoms with Gasteiger partial charge in [0.25, 0.3) is 0 Å². The lowest BCUT2D eigenvalue weighted by Crippen LogP contribution is -2.35. The molecule has 2 rings (SSSR count). The number of aliphatic hydroxyl groups excluding tert-OH is 1. The summed E-state index contributed by atoms with van der Waals surface area (Å²) in [6.45, 7) is 4.83. The standard InChI is InChI=1S/C15H24N2O/c1-2-17(11-13-7-9-16-10-8-13)12-15(18)14-5-3-4-6-14/h7-10,14-15,18H,2-6,11-12H2,1H3. The predicted molar refractivity (Wildman–Crippen MR) is 73.2 cm³/mol. The Morgan fingerprint density at radius 2 is 2.00 bits per heavy atom. The molecule has 0 amide bonds. The van der Waals surface area contributed by atoms with E-state index in [0.717, 1.165) is 19.6 Å². The third-order valence-corrected chi connectivity index (χ3v) is 3.99. The lowest BCUT2D eigenvalue weighted by molar-refractivity contribution is 0.0648. The molecule has 1 aliphatic carbocycles. The van der Waals surface area contributed by atoms with Crippen LogP contribution in [0.15, 0.2) is 24.5 Å². The van der Waals surface area contributed by atoms with E-state index in [1.165, 1.54) is 31.2 Å². The van der Waals surface area contributed by atoms with Crippen molar-refractivity contribution in [2.75, 3.05) is 13.1 Å². The minimum absolute atomic E-state index is 0.158. The molecule has 1 atom stereocenters. The summed E-state index contributed by atoms with van der Waals surface area (Å²) in [7, 11) is 0. The summed E-state index contributed by atoms with van der Waals surface area (Å²) < 4.78 is 0. The van der Waals surface area contributed by atoms with Crippen molar-refractivity contribution in [1.29, 1.82) is 0 Å². The minimum Gasteiger partial charge on any atom is -0.392 e. The molecule has 0 aliphatic heterocycles. The summed E-state index contributed by atoms with van der Waals surface area (Å²) in [5, 5.41) is 10.3. The van der Waals surface area contributed by atoms with Crippen molar-refractivity contribution in [2.24, 2.45) is 5.92 Å². The van der Waals surface area contributed by atoms with Gasteiger partial charge in [0, 0.05) is 25.5 Å². The fourth-order valence-corrected chi connectivity index (χ4v) is 2.81. The molecule has 1 aromatic rings. The van der Waals surface area contributed by atoms with Gasteiger partial charge in [-0.1, -0.05) is 19.8 Å². The Morgan fingerprint density at radius 3 is 2.61 bits per heavy atom. The first kappa shape index (κ1) is 13.5. The Labute approximate surface area is 110 Å². The van der Waals surface area contributed by atoms with Crippen molar-refractivity contribution < 1.29 is 5.11 Å². The highest BCUT2D eigenvalue weighted by Crippen LogP contribution is 2.28. The molecule has 18 heavy (non-hydrogen) atoms. The van der Waals surface area contributed by atoms with Crippen molar-refractivity contribution in [2.45, 2.75) is 45.3 Å². The van der Waals surface area contributed by atoms with Crippen LogP contribution in [0.1, 0.15) is 38.2 Å². The van der Waals surface area contributed by atoms with Crippen molar-refractivity contribution in [3.63, 3.8) is 0 Å². The Balaban J connectivity index is 1.85. The van der Waals surface area contributed by atoms with Crippen molar-refractivity contribution in [1.82, 2.24) is 9.88 Å². The van der Waals surface area contributed by atoms with Gasteiger partial charge in [0.15, 0.2) is 0 Å². The summed E-state index contributed by atoms with van der Waals surface area (Å²) in [5.41, 5.74) is 1.27. The first-order valence-electron chi connectivity index (χ1n) is 7.09. The van der Waals surface area contributed by atoms with E-state index in [-0.39, 0.29) is 6.10 Å². The highest BCUT2D eigenvalue weighted by atomic mass is 16.3. The van der Waals surface area contributed by atoms with Gasteiger partial charge in [-0.3, -0.25) is 9.88 Å². The number of aromatic nitrogens is 1. The monoisotopic (exact) mass is 248 g/mol. The third-order valence-electron chi connectivity index (χ3n) is 3.99. The van der Waals surface area contributed by atoms with E-state index in [1.807, 2.05) is 24.5 Å². The summed E-state index contributed by atoms with van der Waals surface area (Å²) >= 11 is 0. The highest BCUT2D eigenvalue weighted by molar-refractivity contribution is 5.09. The van der Waals surface area contributed by atoms with Crippen LogP contribution in [0, 0.1) is 5.92 Å². The number of pyridine rings is 1. The van der Waals surface area contributed by atoms with Gasteiger partial charge < -0.3 is 5.11 Å². The third kappa shape index (κ3) is 3.79. The molecular formula is C15H24N2O. The second-order valence-corrected chi connectivity index (χ2v) is 5.30. The average Bonchev–Trinajstić information content (AvgIpc) is 2.93. The first-order valence-corrected chi connectivity index (χ1v) is 7.09. The molecule has 100 valence electrons. The molecule has 1 unspecified atom stereocenters. The Hall–Kier alpha value is -0.930. The van der Waals surface area contributed by atoms with Crippen molar-refractivity contribution in [3.05, 3.63) is 30.1 Å². The first-order chi connectivity index (χ1) is 8.79. The second kappa shape index (κ2) is 6.86. The van der Waals surface area contributed by atoms with Gasteiger partial charge in [0.2, 0.25) is 0 Å². The molecular weight excluding hydrogens is 224 g/mol. The quantitative estimate of drug-likeness (QED) is 0.840. The minimum atomic E-state index is -0.158. The zero-order valence-corrected chi connectivity index (χ0v) is 11.3. The second-order valence-electron chi connectivity index (χ2n) is 5.30. The van der Waals surface area contributed by atoms with E-state index in [9.17, 15) is 5.11 Å². The molecule has 0 bridgehead atoms. The molecule has 3 nitrogen and oxygen atoms in total. The number of aliphatic hydroxyl groups is 1. The van der Waals surface area contributed by atoms with Gasteiger partial charge in [-0.25, -0.2) is 0 Å². The zero-order chi connectivity index (χ0) is 12.8. The fourth-order valence-electron chi connectivity index (χ4n) is 2.81. The van der Waals surface area contributed by atoms with E-state index < -0.39 is 0 Å². The van der Waals surface area contributed by atoms with Crippen LogP contribution in [-0.4, -0.2) is 34.2 Å². The molecule has 0 aromatic carbocycles. The lowest BCUT2D eigenvalue weighted by Gasteiger charge is -2.26. The lowest BCUT2D eigenvalue weighted by atomic mass is 10.0. The smallest absolute Gasteiger partial charge is 0.0695 e. The van der Waals surface area contributed by atoms with Crippen LogP contribution in [0.3, 0.4) is 0 Å². The molecule has 1 N–H and O–H groups in total. The van der Waals surface area contributed by atoms with Gasteiger partial charge >= 0.3 is 0 Å². The molecule has 3 heteroatoms. The van der Waals surface area contributed by atoms with Crippen molar-refractivity contribution in [3.8, 4) is 0 Å². The molecule has 1 saturated carbocycles. The van der Waals surface area contributed by atoms with Gasteiger partial charge in [0.05, 0.1) is 6.10 Å². The van der Waals surface area contributed by atoms with Crippen molar-refractivity contribution >= 4 is 0 Å². The Kier molecular flexibility index (Phi) is 5.14. The summed E-state index contributed by atoms with van der Waals surface area (Å²) in [6.07, 6.45) is 8.49. The molecule has 1 heterocycles. The van der Waals surface area contributed by atoms with Crippen LogP contribution in [0.5, 0.6) is 0 Å². The number of rotatable bonds is 6. The number of hydrogen-bond donors (Lipinski definition) is 1. The summed E-state index contributed by atoms with van der Waals surface area (Å²) in [4.78, 5) is 6.35. The van der Waals surface area contributed by atoms with E-state index in [1.54, 1.807) is 0 Å². The maximum atomic E-state index is 10.3. The Morgan fingerprint density at radius 1 is 1.33 bits per heavy atom. The summed E-state index contributed by atoms with van der Waals surface area (Å²) in [6, 6.07) is 4.09. The highest BCUT2D eigenvalue weighted by Gasteiger charge is 2.24. The number of nitrogens with zero attached hydrogens (tertiary/aromatic N) is 2. The molecule has 0 spiro atoms. The molecule has 0 saturated heterocycles. The average molecular weight is 248 g/mol. The van der Waals surface area contributed by atoms with Crippen LogP contribution in [0.2, 0.25) is 0 Å². The van der Waals surface area contributed by atoms with Crippen LogP contribution in [0.4, 0.5) is 0 Å². The van der Waals surface area contributed by atoms with E-state index in [2.05, 4.69) is 16.8 Å². The van der Waals surface area contributed by atoms with Gasteiger partial charge in [-0.15, -0.1) is 0 Å². The zero-order valence-electron chi connectivity index (χ0n) is 11.3. The largest absolute Gasteiger partial charge is 0.392 e. The van der Waals surface area contributed by atoms with Gasteiger partial charge in [0.1, 0.15) is 0 Å². The predicted octanol–water partition coefficient (Wildman–Crippen LogP) is 2.45. The summed E-state index contributed by atoms with van der Waals surface area (Å²) in [5.74, 6) is 0.525. The normalized spacial score (nSPS) is 18.4. The van der Waals surface area contributed by atoms with Crippen LogP contribution in [-0.2, 0) is 6.54 Å².